The number of ether oxygens (including phenoxy) is 1. The zero-order valence-corrected chi connectivity index (χ0v) is 12.1. The van der Waals surface area contributed by atoms with Crippen LogP contribution >= 0.6 is 12.4 Å². The first-order chi connectivity index (χ1) is 9.11. The number of carbonyl (C=O) groups is 1. The van der Waals surface area contributed by atoms with E-state index < -0.39 is 35.1 Å². The fraction of sp³-hybridized carbons (Fsp3) is 0.462. The number of amides is 1. The Kier molecular flexibility index (Phi) is 4.77. The fourth-order valence-corrected chi connectivity index (χ4v) is 2.13. The first-order valence-electron chi connectivity index (χ1n) is 5.91. The quantitative estimate of drug-likeness (QED) is 0.789. The van der Waals surface area contributed by atoms with Gasteiger partial charge >= 0.3 is 12.3 Å². The first kappa shape index (κ1) is 17.6. The summed E-state index contributed by atoms with van der Waals surface area (Å²) in [5.41, 5.74) is -1.87. The Morgan fingerprint density at radius 3 is 2.52 bits per heavy atom. The van der Waals surface area contributed by atoms with Crippen LogP contribution in [0.15, 0.2) is 18.2 Å². The second kappa shape index (κ2) is 5.71. The predicted octanol–water partition coefficient (Wildman–Crippen LogP) is 4.07. The summed E-state index contributed by atoms with van der Waals surface area (Å²) in [6.07, 6.45) is -5.34. The van der Waals surface area contributed by atoms with E-state index in [-0.39, 0.29) is 24.6 Å². The van der Waals surface area contributed by atoms with Gasteiger partial charge in [-0.15, -0.1) is 12.4 Å². The van der Waals surface area contributed by atoms with Gasteiger partial charge < -0.3 is 10.1 Å². The van der Waals surface area contributed by atoms with Gasteiger partial charge in [-0.05, 0) is 18.2 Å². The average molecular weight is 328 g/mol. The topological polar surface area (TPSA) is 38.3 Å². The Labute approximate surface area is 125 Å². The van der Waals surface area contributed by atoms with Gasteiger partial charge in [-0.2, -0.15) is 13.2 Å². The molecule has 0 bridgehead atoms. The van der Waals surface area contributed by atoms with Crippen LogP contribution in [0.1, 0.15) is 31.0 Å². The van der Waals surface area contributed by atoms with E-state index in [9.17, 15) is 22.4 Å². The highest BCUT2D eigenvalue weighted by atomic mass is 35.5. The fourth-order valence-electron chi connectivity index (χ4n) is 2.13. The van der Waals surface area contributed by atoms with Crippen LogP contribution in [0, 0.1) is 11.2 Å². The molecule has 118 valence electrons. The van der Waals surface area contributed by atoms with Crippen molar-refractivity contribution in [2.75, 3.05) is 6.61 Å². The van der Waals surface area contributed by atoms with Gasteiger partial charge in [0.1, 0.15) is 12.4 Å². The second-order valence-corrected chi connectivity index (χ2v) is 5.38. The highest BCUT2D eigenvalue weighted by Crippen LogP contribution is 2.39. The van der Waals surface area contributed by atoms with Crippen molar-refractivity contribution in [1.82, 2.24) is 5.32 Å². The largest absolute Gasteiger partial charge is 0.449 e. The summed E-state index contributed by atoms with van der Waals surface area (Å²) in [6, 6.07) is 1.28. The molecular formula is C13H14ClF4NO2. The van der Waals surface area contributed by atoms with E-state index >= 15 is 0 Å². The summed E-state index contributed by atoms with van der Waals surface area (Å²) >= 11 is 0. The second-order valence-electron chi connectivity index (χ2n) is 5.38. The van der Waals surface area contributed by atoms with Crippen molar-refractivity contribution < 1.29 is 27.1 Å². The summed E-state index contributed by atoms with van der Waals surface area (Å²) in [4.78, 5) is 11.2. The number of halogens is 5. The lowest BCUT2D eigenvalue weighted by Gasteiger charge is -2.38. The maximum absolute atomic E-state index is 13.9. The van der Waals surface area contributed by atoms with Crippen LogP contribution in [-0.4, -0.2) is 12.7 Å². The molecule has 1 aromatic rings. The Balaban J connectivity index is 0.00000220. The molecule has 0 spiro atoms. The molecule has 1 amide bonds. The van der Waals surface area contributed by atoms with Gasteiger partial charge in [-0.1, -0.05) is 13.8 Å². The smallest absolute Gasteiger partial charge is 0.416 e. The molecule has 0 unspecified atom stereocenters. The van der Waals surface area contributed by atoms with Gasteiger partial charge in [0.2, 0.25) is 0 Å². The molecule has 1 aliphatic rings. The third-order valence-electron chi connectivity index (χ3n) is 3.25. The van der Waals surface area contributed by atoms with E-state index in [2.05, 4.69) is 5.32 Å². The highest BCUT2D eigenvalue weighted by molar-refractivity contribution is 5.85. The maximum Gasteiger partial charge on any atom is 0.416 e. The molecule has 1 atom stereocenters. The molecule has 1 N–H and O–H groups in total. The van der Waals surface area contributed by atoms with Crippen LogP contribution in [0.2, 0.25) is 0 Å². The average Bonchev–Trinajstić information content (AvgIpc) is 2.32. The molecule has 1 saturated heterocycles. The normalized spacial score (nSPS) is 21.0. The molecule has 21 heavy (non-hydrogen) atoms. The van der Waals surface area contributed by atoms with Gasteiger partial charge in [0, 0.05) is 11.0 Å². The zero-order chi connectivity index (χ0) is 15.1. The van der Waals surface area contributed by atoms with Crippen LogP contribution in [0.3, 0.4) is 0 Å². The molecule has 1 aromatic carbocycles. The van der Waals surface area contributed by atoms with E-state index in [1.54, 1.807) is 13.8 Å². The van der Waals surface area contributed by atoms with Gasteiger partial charge in [0.05, 0.1) is 11.6 Å². The van der Waals surface area contributed by atoms with Crippen molar-refractivity contribution >= 4 is 18.5 Å². The summed E-state index contributed by atoms with van der Waals surface area (Å²) in [6.45, 7) is 3.35. The van der Waals surface area contributed by atoms with Crippen LogP contribution < -0.4 is 5.32 Å². The van der Waals surface area contributed by atoms with Gasteiger partial charge in [-0.25, -0.2) is 9.18 Å². The summed E-state index contributed by atoms with van der Waals surface area (Å²) in [5, 5.41) is 2.37. The molecule has 2 rings (SSSR count). The number of cyclic esters (lactones) is 1. The summed E-state index contributed by atoms with van der Waals surface area (Å²) < 4.78 is 56.7. The third-order valence-corrected chi connectivity index (χ3v) is 3.25. The third kappa shape index (κ3) is 3.58. The van der Waals surface area contributed by atoms with Crippen LogP contribution in [0.4, 0.5) is 22.4 Å². The SMILES string of the molecule is CC1(C)COC(=O)N[C@H]1c1cc(C(F)(F)F)ccc1F.Cl. The Morgan fingerprint density at radius 1 is 1.33 bits per heavy atom. The lowest BCUT2D eigenvalue weighted by molar-refractivity contribution is -0.137. The van der Waals surface area contributed by atoms with E-state index in [4.69, 9.17) is 4.74 Å². The van der Waals surface area contributed by atoms with Crippen molar-refractivity contribution in [2.24, 2.45) is 5.41 Å². The van der Waals surface area contributed by atoms with Gasteiger partial charge in [0.25, 0.3) is 0 Å². The van der Waals surface area contributed by atoms with Crippen molar-refractivity contribution in [1.29, 1.82) is 0 Å². The predicted molar refractivity (Wildman–Crippen MR) is 69.7 cm³/mol. The molecule has 0 saturated carbocycles. The zero-order valence-electron chi connectivity index (χ0n) is 11.3. The molecule has 0 aliphatic carbocycles. The Morgan fingerprint density at radius 2 is 1.95 bits per heavy atom. The number of carbonyl (C=O) groups excluding carboxylic acids is 1. The van der Waals surface area contributed by atoms with E-state index in [0.717, 1.165) is 12.1 Å². The van der Waals surface area contributed by atoms with E-state index in [1.807, 2.05) is 0 Å². The summed E-state index contributed by atoms with van der Waals surface area (Å²) in [5.74, 6) is -0.793. The number of rotatable bonds is 1. The van der Waals surface area contributed by atoms with Gasteiger partial charge in [-0.3, -0.25) is 0 Å². The van der Waals surface area contributed by atoms with E-state index in [0.29, 0.717) is 6.07 Å². The lowest BCUT2D eigenvalue weighted by atomic mass is 9.80. The van der Waals surface area contributed by atoms with Crippen molar-refractivity contribution in [3.63, 3.8) is 0 Å². The molecule has 1 heterocycles. The van der Waals surface area contributed by atoms with Crippen LogP contribution in [0.5, 0.6) is 0 Å². The number of hydrogen-bond acceptors (Lipinski definition) is 2. The Bertz CT molecular complexity index is 545. The molecule has 1 fully saturated rings. The molecule has 0 aromatic heterocycles. The monoisotopic (exact) mass is 327 g/mol. The minimum atomic E-state index is -4.57. The lowest BCUT2D eigenvalue weighted by Crippen LogP contribution is -2.47. The maximum atomic E-state index is 13.9. The van der Waals surface area contributed by atoms with Crippen LogP contribution in [-0.2, 0) is 10.9 Å². The molecular weight excluding hydrogens is 314 g/mol. The summed E-state index contributed by atoms with van der Waals surface area (Å²) in [7, 11) is 0. The van der Waals surface area contributed by atoms with Crippen molar-refractivity contribution in [3.8, 4) is 0 Å². The molecule has 0 radical (unpaired) electrons. The van der Waals surface area contributed by atoms with E-state index in [1.165, 1.54) is 0 Å². The van der Waals surface area contributed by atoms with Crippen LogP contribution in [0.25, 0.3) is 0 Å². The minimum absolute atomic E-state index is 0. The number of alkyl carbamates (subject to hydrolysis) is 1. The van der Waals surface area contributed by atoms with Crippen molar-refractivity contribution in [3.05, 3.63) is 35.1 Å². The molecule has 3 nitrogen and oxygen atoms in total. The molecule has 1 aliphatic heterocycles. The number of hydrogen-bond donors (Lipinski definition) is 1. The number of nitrogens with one attached hydrogen (secondary N) is 1. The first-order valence-corrected chi connectivity index (χ1v) is 5.91. The highest BCUT2D eigenvalue weighted by Gasteiger charge is 2.40. The van der Waals surface area contributed by atoms with Crippen molar-refractivity contribution in [2.45, 2.75) is 26.1 Å². The Hall–Kier alpha value is -1.50. The number of benzene rings is 1. The molecule has 8 heteroatoms. The standard InChI is InChI=1S/C13H13F4NO2.ClH/c1-12(2)6-20-11(19)18-10(12)8-5-7(13(15,16)17)3-4-9(8)14;/h3-5,10H,6H2,1-2H3,(H,18,19);1H/t10-;/m0./s1. The minimum Gasteiger partial charge on any atom is -0.449 e. The van der Waals surface area contributed by atoms with Gasteiger partial charge in [0.15, 0.2) is 0 Å². The number of alkyl halides is 3.